The molecule has 164 valence electrons. The Balaban J connectivity index is 2.03. The van der Waals surface area contributed by atoms with Gasteiger partial charge in [0.2, 0.25) is 0 Å². The Bertz CT molecular complexity index is 1290. The van der Waals surface area contributed by atoms with Gasteiger partial charge in [-0.1, -0.05) is 0 Å². The minimum Gasteiger partial charge on any atom is -0.465 e. The Morgan fingerprint density at radius 1 is 1.06 bits per heavy atom. The molecule has 0 atom stereocenters. The highest BCUT2D eigenvalue weighted by Gasteiger charge is 2.19. The minimum absolute atomic E-state index is 0.188. The summed E-state index contributed by atoms with van der Waals surface area (Å²) in [7, 11) is 1.29. The van der Waals surface area contributed by atoms with Gasteiger partial charge in [-0.25, -0.2) is 4.79 Å². The maximum atomic E-state index is 12.4. The Hall–Kier alpha value is -4.75. The van der Waals surface area contributed by atoms with Gasteiger partial charge in [-0.3, -0.25) is 0 Å². The first-order valence-electron chi connectivity index (χ1n) is 10.0. The number of carbonyl (C=O) groups excluding carboxylic acids is 1. The van der Waals surface area contributed by atoms with E-state index in [1.807, 2.05) is 32.0 Å². The predicted octanol–water partition coefficient (Wildman–Crippen LogP) is 5.62. The summed E-state index contributed by atoms with van der Waals surface area (Å²) in [5.41, 5.74) is 11.0. The van der Waals surface area contributed by atoms with Crippen LogP contribution in [0.5, 0.6) is 11.5 Å². The smallest absolute Gasteiger partial charge is 0.341 e. The number of nitrogens with two attached hydrogens (primary N) is 1. The van der Waals surface area contributed by atoms with E-state index >= 15 is 0 Å². The zero-order chi connectivity index (χ0) is 24.0. The van der Waals surface area contributed by atoms with Crippen LogP contribution >= 0.6 is 0 Å². The molecular weight excluding hydrogens is 416 g/mol. The zero-order valence-corrected chi connectivity index (χ0v) is 18.5. The SMILES string of the molecule is COC(=O)c1cc(N)c(Nc2ccc(C#N)cc2)cc1Oc1c(C)cc(/C=C/C#N)cc1C. The van der Waals surface area contributed by atoms with Crippen molar-refractivity contribution < 1.29 is 14.3 Å². The molecule has 3 aromatic rings. The van der Waals surface area contributed by atoms with Crippen LogP contribution in [0.1, 0.15) is 32.6 Å². The van der Waals surface area contributed by atoms with Gasteiger partial charge in [0, 0.05) is 17.8 Å². The molecule has 0 unspecified atom stereocenters. The lowest BCUT2D eigenvalue weighted by atomic mass is 10.0. The number of rotatable bonds is 6. The number of nitrogens with one attached hydrogen (secondary N) is 1. The maximum Gasteiger partial charge on any atom is 0.341 e. The summed E-state index contributed by atoms with van der Waals surface area (Å²) in [4.78, 5) is 12.4. The van der Waals surface area contributed by atoms with Crippen LogP contribution in [-0.4, -0.2) is 13.1 Å². The monoisotopic (exact) mass is 438 g/mol. The summed E-state index contributed by atoms with van der Waals surface area (Å²) >= 11 is 0. The lowest BCUT2D eigenvalue weighted by Gasteiger charge is -2.18. The number of anilines is 3. The van der Waals surface area contributed by atoms with Gasteiger partial charge in [-0.05, 0) is 79.1 Å². The number of nitriles is 2. The van der Waals surface area contributed by atoms with E-state index in [1.54, 1.807) is 36.4 Å². The van der Waals surface area contributed by atoms with Crippen molar-refractivity contribution in [3.8, 4) is 23.6 Å². The van der Waals surface area contributed by atoms with Crippen molar-refractivity contribution in [1.82, 2.24) is 0 Å². The molecule has 0 saturated heterocycles. The molecule has 0 aromatic heterocycles. The second kappa shape index (κ2) is 10.0. The second-order valence-corrected chi connectivity index (χ2v) is 7.29. The van der Waals surface area contributed by atoms with Crippen LogP contribution in [0.3, 0.4) is 0 Å². The highest BCUT2D eigenvalue weighted by molar-refractivity contribution is 5.96. The van der Waals surface area contributed by atoms with Gasteiger partial charge in [0.25, 0.3) is 0 Å². The van der Waals surface area contributed by atoms with Gasteiger partial charge in [0.05, 0.1) is 36.2 Å². The molecule has 7 heteroatoms. The van der Waals surface area contributed by atoms with E-state index in [2.05, 4.69) is 11.4 Å². The third kappa shape index (κ3) is 5.30. The molecule has 0 spiro atoms. The van der Waals surface area contributed by atoms with Crippen molar-refractivity contribution in [2.75, 3.05) is 18.2 Å². The van der Waals surface area contributed by atoms with Gasteiger partial charge in [-0.2, -0.15) is 10.5 Å². The standard InChI is InChI=1S/C26H22N4O3/c1-16-11-19(5-4-10-27)12-17(2)25(16)33-24-14-23(22(29)13-21(24)26(31)32-3)30-20-8-6-18(15-28)7-9-20/h4-9,11-14,30H,29H2,1-3H3/b5-4+. The van der Waals surface area contributed by atoms with Crippen LogP contribution in [0.15, 0.2) is 54.6 Å². The molecule has 7 nitrogen and oxygen atoms in total. The van der Waals surface area contributed by atoms with E-state index in [-0.39, 0.29) is 11.3 Å². The summed E-state index contributed by atoms with van der Waals surface area (Å²) < 4.78 is 11.1. The summed E-state index contributed by atoms with van der Waals surface area (Å²) in [6.45, 7) is 3.77. The summed E-state index contributed by atoms with van der Waals surface area (Å²) in [6.07, 6.45) is 3.12. The van der Waals surface area contributed by atoms with E-state index in [9.17, 15) is 4.79 Å². The number of hydrogen-bond acceptors (Lipinski definition) is 7. The molecule has 0 aliphatic carbocycles. The minimum atomic E-state index is -0.578. The molecule has 0 amide bonds. The van der Waals surface area contributed by atoms with Crippen molar-refractivity contribution in [3.05, 3.63) is 82.4 Å². The van der Waals surface area contributed by atoms with E-state index in [0.717, 1.165) is 22.4 Å². The van der Waals surface area contributed by atoms with Crippen molar-refractivity contribution in [3.63, 3.8) is 0 Å². The Kier molecular flexibility index (Phi) is 6.97. The normalized spacial score (nSPS) is 10.3. The van der Waals surface area contributed by atoms with Crippen molar-refractivity contribution in [2.45, 2.75) is 13.8 Å². The average Bonchev–Trinajstić information content (AvgIpc) is 2.81. The van der Waals surface area contributed by atoms with Gasteiger partial charge in [0.15, 0.2) is 0 Å². The van der Waals surface area contributed by atoms with Crippen molar-refractivity contribution in [2.24, 2.45) is 0 Å². The number of nitrogen functional groups attached to an aromatic ring is 1. The van der Waals surface area contributed by atoms with Crippen LogP contribution in [-0.2, 0) is 4.74 Å². The first kappa shape index (κ1) is 22.9. The summed E-state index contributed by atoms with van der Waals surface area (Å²) in [5.74, 6) is 0.285. The molecule has 0 bridgehead atoms. The van der Waals surface area contributed by atoms with Crippen LogP contribution in [0.2, 0.25) is 0 Å². The van der Waals surface area contributed by atoms with E-state index in [4.69, 9.17) is 25.7 Å². The number of ether oxygens (including phenoxy) is 2. The summed E-state index contributed by atoms with van der Waals surface area (Å²) in [6, 6.07) is 17.9. The third-order valence-electron chi connectivity index (χ3n) is 4.90. The van der Waals surface area contributed by atoms with Crippen LogP contribution in [0, 0.1) is 36.5 Å². The number of carbonyl (C=O) groups is 1. The van der Waals surface area contributed by atoms with Gasteiger partial charge >= 0.3 is 5.97 Å². The quantitative estimate of drug-likeness (QED) is 0.291. The molecule has 0 radical (unpaired) electrons. The Morgan fingerprint density at radius 3 is 2.30 bits per heavy atom. The van der Waals surface area contributed by atoms with E-state index < -0.39 is 5.97 Å². The summed E-state index contributed by atoms with van der Waals surface area (Å²) in [5, 5.41) is 20.9. The van der Waals surface area contributed by atoms with Crippen LogP contribution < -0.4 is 15.8 Å². The first-order chi connectivity index (χ1) is 15.9. The number of aryl methyl sites for hydroxylation is 2. The molecule has 0 fully saturated rings. The predicted molar refractivity (Wildman–Crippen MR) is 127 cm³/mol. The molecule has 0 aliphatic heterocycles. The van der Waals surface area contributed by atoms with Crippen LogP contribution in [0.4, 0.5) is 17.1 Å². The molecule has 3 N–H and O–H groups in total. The fraction of sp³-hybridized carbons (Fsp3) is 0.115. The number of esters is 1. The van der Waals surface area contributed by atoms with Gasteiger partial charge in [-0.15, -0.1) is 0 Å². The zero-order valence-electron chi connectivity index (χ0n) is 18.5. The maximum absolute atomic E-state index is 12.4. The lowest BCUT2D eigenvalue weighted by Crippen LogP contribution is -2.07. The first-order valence-corrected chi connectivity index (χ1v) is 10.0. The van der Waals surface area contributed by atoms with Crippen molar-refractivity contribution in [1.29, 1.82) is 10.5 Å². The number of allylic oxidation sites excluding steroid dienone is 1. The third-order valence-corrected chi connectivity index (χ3v) is 4.90. The number of nitrogens with zero attached hydrogens (tertiary/aromatic N) is 2. The molecule has 0 aliphatic rings. The van der Waals surface area contributed by atoms with Gasteiger partial charge < -0.3 is 20.5 Å². The Labute approximate surface area is 192 Å². The average molecular weight is 438 g/mol. The molecule has 0 saturated carbocycles. The lowest BCUT2D eigenvalue weighted by molar-refractivity contribution is 0.0598. The second-order valence-electron chi connectivity index (χ2n) is 7.29. The van der Waals surface area contributed by atoms with Crippen LogP contribution in [0.25, 0.3) is 6.08 Å². The van der Waals surface area contributed by atoms with E-state index in [0.29, 0.717) is 22.7 Å². The molecule has 0 heterocycles. The highest BCUT2D eigenvalue weighted by Crippen LogP contribution is 2.37. The van der Waals surface area contributed by atoms with Crippen molar-refractivity contribution >= 4 is 29.1 Å². The molecule has 3 aromatic carbocycles. The Morgan fingerprint density at radius 2 is 1.73 bits per heavy atom. The molecule has 33 heavy (non-hydrogen) atoms. The molecular formula is C26H22N4O3. The fourth-order valence-electron chi connectivity index (χ4n) is 3.33. The number of hydrogen-bond donors (Lipinski definition) is 2. The van der Waals surface area contributed by atoms with E-state index in [1.165, 1.54) is 19.3 Å². The van der Waals surface area contributed by atoms with Gasteiger partial charge in [0.1, 0.15) is 17.1 Å². The largest absolute Gasteiger partial charge is 0.465 e. The number of methoxy groups -OCH3 is 1. The fourth-order valence-corrected chi connectivity index (χ4v) is 3.33. The highest BCUT2D eigenvalue weighted by atomic mass is 16.5. The topological polar surface area (TPSA) is 121 Å². The number of benzene rings is 3. The molecule has 3 rings (SSSR count).